The van der Waals surface area contributed by atoms with Crippen LogP contribution in [-0.4, -0.2) is 38.7 Å². The third kappa shape index (κ3) is 3.22. The van der Waals surface area contributed by atoms with E-state index in [1.165, 1.54) is 10.9 Å². The van der Waals surface area contributed by atoms with Crippen molar-refractivity contribution >= 4 is 11.6 Å². The minimum Gasteiger partial charge on any atom is -0.363 e. The normalized spacial score (nSPS) is 17.8. The smallest absolute Gasteiger partial charge is 0.293 e. The van der Waals surface area contributed by atoms with Gasteiger partial charge in [0.2, 0.25) is 0 Å². The molecule has 0 unspecified atom stereocenters. The van der Waals surface area contributed by atoms with Crippen LogP contribution in [0.25, 0.3) is 0 Å². The molecule has 24 heavy (non-hydrogen) atoms. The molecule has 1 fully saturated rings. The molecule has 0 aromatic carbocycles. The molecular formula is C16H21FN6O. The van der Waals surface area contributed by atoms with Crippen LogP contribution in [0, 0.1) is 5.82 Å². The number of anilines is 2. The highest BCUT2D eigenvalue weighted by Crippen LogP contribution is 2.20. The lowest BCUT2D eigenvalue weighted by atomic mass is 10.1. The van der Waals surface area contributed by atoms with Gasteiger partial charge in [-0.25, -0.2) is 19.3 Å². The van der Waals surface area contributed by atoms with Crippen molar-refractivity contribution in [1.29, 1.82) is 0 Å². The number of rotatable bonds is 4. The molecule has 0 bridgehead atoms. The fourth-order valence-electron chi connectivity index (χ4n) is 2.94. The molecule has 1 atom stereocenters. The Bertz CT molecular complexity index is 777. The first kappa shape index (κ1) is 16.4. The minimum atomic E-state index is -0.397. The van der Waals surface area contributed by atoms with Crippen LogP contribution in [0.2, 0.25) is 0 Å². The van der Waals surface area contributed by atoms with Gasteiger partial charge in [0.15, 0.2) is 17.5 Å². The van der Waals surface area contributed by atoms with E-state index in [1.807, 2.05) is 11.8 Å². The Morgan fingerprint density at radius 1 is 1.38 bits per heavy atom. The summed E-state index contributed by atoms with van der Waals surface area (Å²) in [4.78, 5) is 26.3. The lowest BCUT2D eigenvalue weighted by molar-refractivity contribution is 0.516. The fraction of sp³-hybridized carbons (Fsp3) is 0.500. The zero-order valence-electron chi connectivity index (χ0n) is 13.9. The minimum absolute atomic E-state index is 0.000400. The third-order valence-electron chi connectivity index (χ3n) is 4.26. The first-order valence-electron chi connectivity index (χ1n) is 8.12. The van der Waals surface area contributed by atoms with Gasteiger partial charge in [0.1, 0.15) is 6.33 Å². The van der Waals surface area contributed by atoms with Gasteiger partial charge in [-0.1, -0.05) is 6.92 Å². The summed E-state index contributed by atoms with van der Waals surface area (Å²) in [6.45, 7) is 3.20. The number of halogens is 1. The Morgan fingerprint density at radius 3 is 3.00 bits per heavy atom. The van der Waals surface area contributed by atoms with E-state index in [1.54, 1.807) is 19.4 Å². The molecule has 7 nitrogen and oxygen atoms in total. The van der Waals surface area contributed by atoms with Crippen molar-refractivity contribution in [3.63, 3.8) is 0 Å². The molecule has 1 N–H and O–H groups in total. The average molecular weight is 332 g/mol. The van der Waals surface area contributed by atoms with Crippen LogP contribution in [0.3, 0.4) is 0 Å². The van der Waals surface area contributed by atoms with Gasteiger partial charge in [0, 0.05) is 38.6 Å². The van der Waals surface area contributed by atoms with Gasteiger partial charge in [0.25, 0.3) is 5.56 Å². The molecule has 8 heteroatoms. The van der Waals surface area contributed by atoms with Gasteiger partial charge in [-0.2, -0.15) is 0 Å². The highest BCUT2D eigenvalue weighted by atomic mass is 19.1. The summed E-state index contributed by atoms with van der Waals surface area (Å²) < 4.78 is 15.8. The van der Waals surface area contributed by atoms with Gasteiger partial charge >= 0.3 is 0 Å². The molecular weight excluding hydrogens is 311 g/mol. The van der Waals surface area contributed by atoms with Crippen LogP contribution < -0.4 is 15.8 Å². The molecule has 1 aliphatic heterocycles. The van der Waals surface area contributed by atoms with Gasteiger partial charge in [0.05, 0.1) is 5.69 Å². The van der Waals surface area contributed by atoms with E-state index in [0.29, 0.717) is 24.5 Å². The number of hydrogen-bond acceptors (Lipinski definition) is 6. The second-order valence-electron chi connectivity index (χ2n) is 5.93. The topological polar surface area (TPSA) is 75.9 Å². The Hall–Kier alpha value is -2.51. The Balaban J connectivity index is 1.77. The lowest BCUT2D eigenvalue weighted by Crippen LogP contribution is -2.45. The van der Waals surface area contributed by atoms with Crippen LogP contribution in [0.4, 0.5) is 16.0 Å². The second-order valence-corrected chi connectivity index (χ2v) is 5.93. The first-order valence-corrected chi connectivity index (χ1v) is 8.12. The van der Waals surface area contributed by atoms with Crippen LogP contribution >= 0.6 is 0 Å². The molecule has 0 spiro atoms. The summed E-state index contributed by atoms with van der Waals surface area (Å²) in [7, 11) is 1.70. The highest BCUT2D eigenvalue weighted by molar-refractivity contribution is 5.42. The van der Waals surface area contributed by atoms with Crippen LogP contribution in [-0.2, 0) is 13.5 Å². The molecule has 1 aliphatic rings. The monoisotopic (exact) mass is 332 g/mol. The Morgan fingerprint density at radius 2 is 2.21 bits per heavy atom. The predicted octanol–water partition coefficient (Wildman–Crippen LogP) is 1.35. The molecule has 1 saturated heterocycles. The van der Waals surface area contributed by atoms with Crippen LogP contribution in [0.15, 0.2) is 23.5 Å². The third-order valence-corrected chi connectivity index (χ3v) is 4.26. The van der Waals surface area contributed by atoms with Gasteiger partial charge < -0.3 is 14.8 Å². The maximum absolute atomic E-state index is 14.3. The molecule has 0 aliphatic carbocycles. The Kier molecular flexibility index (Phi) is 4.73. The van der Waals surface area contributed by atoms with E-state index in [9.17, 15) is 9.18 Å². The Labute approximate surface area is 139 Å². The number of aromatic nitrogens is 4. The fourth-order valence-corrected chi connectivity index (χ4v) is 2.94. The maximum atomic E-state index is 14.3. The molecule has 0 amide bonds. The van der Waals surface area contributed by atoms with Gasteiger partial charge in [-0.05, 0) is 19.3 Å². The summed E-state index contributed by atoms with van der Waals surface area (Å²) in [5.41, 5.74) is 0.276. The molecule has 3 rings (SSSR count). The first-order chi connectivity index (χ1) is 11.6. The summed E-state index contributed by atoms with van der Waals surface area (Å²) in [6.07, 6.45) is 6.92. The van der Waals surface area contributed by atoms with Crippen molar-refractivity contribution in [2.75, 3.05) is 23.3 Å². The van der Waals surface area contributed by atoms with Gasteiger partial charge in [-0.3, -0.25) is 4.79 Å². The van der Waals surface area contributed by atoms with E-state index in [4.69, 9.17) is 0 Å². The van der Waals surface area contributed by atoms with Crippen LogP contribution in [0.1, 0.15) is 25.5 Å². The number of aryl methyl sites for hydroxylation is 2. The van der Waals surface area contributed by atoms with Crippen molar-refractivity contribution in [3.05, 3.63) is 40.6 Å². The second kappa shape index (κ2) is 6.94. The zero-order chi connectivity index (χ0) is 17.1. The molecule has 2 aromatic rings. The average Bonchev–Trinajstić information content (AvgIpc) is 2.59. The maximum Gasteiger partial charge on any atom is 0.293 e. The van der Waals surface area contributed by atoms with Gasteiger partial charge in [-0.15, -0.1) is 0 Å². The van der Waals surface area contributed by atoms with Crippen molar-refractivity contribution in [2.24, 2.45) is 7.05 Å². The van der Waals surface area contributed by atoms with E-state index in [-0.39, 0.29) is 17.4 Å². The van der Waals surface area contributed by atoms with Crippen molar-refractivity contribution in [3.8, 4) is 0 Å². The molecule has 0 saturated carbocycles. The number of nitrogens with zero attached hydrogens (tertiary/aromatic N) is 5. The summed E-state index contributed by atoms with van der Waals surface area (Å²) in [5.74, 6) is 0.261. The standard InChI is InChI=1S/C16H21FN6O/c1-3-12-13(17)14(20-10-19-12)21-11-5-4-7-23(9-11)15-16(24)22(2)8-6-18-15/h6,8,10-11H,3-5,7,9H2,1-2H3,(H,19,20,21)/t11-/m0/s1. The quantitative estimate of drug-likeness (QED) is 0.911. The number of hydrogen-bond donors (Lipinski definition) is 1. The largest absolute Gasteiger partial charge is 0.363 e. The van der Waals surface area contributed by atoms with E-state index >= 15 is 0 Å². The zero-order valence-corrected chi connectivity index (χ0v) is 13.9. The number of nitrogens with one attached hydrogen (secondary N) is 1. The van der Waals surface area contributed by atoms with Crippen LogP contribution in [0.5, 0.6) is 0 Å². The predicted molar refractivity (Wildman–Crippen MR) is 89.7 cm³/mol. The molecule has 0 radical (unpaired) electrons. The summed E-state index contributed by atoms with van der Waals surface area (Å²) in [6, 6.07) is -0.000400. The molecule has 3 heterocycles. The molecule has 128 valence electrons. The van der Waals surface area contributed by atoms with Crippen molar-refractivity contribution < 1.29 is 4.39 Å². The summed E-state index contributed by atoms with van der Waals surface area (Å²) >= 11 is 0. The SMILES string of the molecule is CCc1ncnc(N[C@H]2CCCN(c3nccn(C)c3=O)C2)c1F. The van der Waals surface area contributed by atoms with E-state index in [0.717, 1.165) is 19.4 Å². The summed E-state index contributed by atoms with van der Waals surface area (Å²) in [5, 5.41) is 3.15. The highest BCUT2D eigenvalue weighted by Gasteiger charge is 2.24. The van der Waals surface area contributed by atoms with Crippen molar-refractivity contribution in [2.45, 2.75) is 32.2 Å². The number of piperidine rings is 1. The van der Waals surface area contributed by atoms with Crippen molar-refractivity contribution in [1.82, 2.24) is 19.5 Å². The van der Waals surface area contributed by atoms with E-state index in [2.05, 4.69) is 20.3 Å². The molecule has 2 aromatic heterocycles. The lowest BCUT2D eigenvalue weighted by Gasteiger charge is -2.33. The van der Waals surface area contributed by atoms with E-state index < -0.39 is 5.82 Å².